The fourth-order valence-electron chi connectivity index (χ4n) is 2.85. The Kier molecular flexibility index (Phi) is 7.84. The first-order valence-electron chi connectivity index (χ1n) is 9.60. The van der Waals surface area contributed by atoms with Gasteiger partial charge in [-0.15, -0.1) is 0 Å². The molecule has 9 nitrogen and oxygen atoms in total. The van der Waals surface area contributed by atoms with Crippen molar-refractivity contribution in [1.29, 1.82) is 0 Å². The molecular formula is C22H18F2N2O7S. The van der Waals surface area contributed by atoms with Gasteiger partial charge in [-0.2, -0.15) is 0 Å². The van der Waals surface area contributed by atoms with Crippen LogP contribution in [0.25, 0.3) is 6.08 Å². The number of imide groups is 1. The first-order valence-corrected chi connectivity index (χ1v) is 10.4. The van der Waals surface area contributed by atoms with Crippen molar-refractivity contribution in [1.82, 2.24) is 4.90 Å². The summed E-state index contributed by atoms with van der Waals surface area (Å²) in [6.07, 6.45) is 1.36. The van der Waals surface area contributed by atoms with Gasteiger partial charge in [-0.1, -0.05) is 12.1 Å². The molecular weight excluding hydrogens is 474 g/mol. The Bertz CT molecular complexity index is 1190. The highest BCUT2D eigenvalue weighted by Crippen LogP contribution is 2.37. The Morgan fingerprint density at radius 1 is 1.15 bits per heavy atom. The summed E-state index contributed by atoms with van der Waals surface area (Å²) < 4.78 is 42.0. The number of benzene rings is 2. The minimum absolute atomic E-state index is 0.0121. The third-order valence-corrected chi connectivity index (χ3v) is 5.37. The number of amides is 3. The Labute approximate surface area is 196 Å². The van der Waals surface area contributed by atoms with Crippen molar-refractivity contribution in [2.45, 2.75) is 0 Å². The maximum atomic E-state index is 13.8. The zero-order valence-electron chi connectivity index (χ0n) is 17.9. The molecule has 2 aromatic rings. The standard InChI is InChI=1S/C22H18F2N2O7S/c1-31-16-5-3-4-12(20(16)33-11-19(28)32-2)8-17-21(29)26(22(30)34-17)10-18(27)25-15-7-6-13(23)9-14(15)24/h3-9H,10-11H2,1-2H3,(H,25,27)/b17-8+. The van der Waals surface area contributed by atoms with E-state index >= 15 is 0 Å². The molecule has 34 heavy (non-hydrogen) atoms. The van der Waals surface area contributed by atoms with E-state index in [2.05, 4.69) is 10.1 Å². The van der Waals surface area contributed by atoms with Crippen molar-refractivity contribution < 1.29 is 42.2 Å². The van der Waals surface area contributed by atoms with Crippen LogP contribution in [0.5, 0.6) is 11.5 Å². The lowest BCUT2D eigenvalue weighted by atomic mass is 10.1. The minimum Gasteiger partial charge on any atom is -0.493 e. The van der Waals surface area contributed by atoms with Crippen molar-refractivity contribution in [3.05, 3.63) is 58.5 Å². The van der Waals surface area contributed by atoms with Crippen LogP contribution in [0.15, 0.2) is 41.3 Å². The van der Waals surface area contributed by atoms with E-state index in [-0.39, 0.29) is 22.1 Å². The quantitative estimate of drug-likeness (QED) is 0.442. The van der Waals surface area contributed by atoms with Gasteiger partial charge in [0.1, 0.15) is 18.2 Å². The van der Waals surface area contributed by atoms with E-state index < -0.39 is 47.8 Å². The number of carbonyl (C=O) groups excluding carboxylic acids is 4. The zero-order valence-corrected chi connectivity index (χ0v) is 18.7. The molecule has 1 aliphatic heterocycles. The molecule has 1 fully saturated rings. The molecule has 0 bridgehead atoms. The van der Waals surface area contributed by atoms with Crippen LogP contribution in [0, 0.1) is 11.6 Å². The molecule has 0 aromatic heterocycles. The summed E-state index contributed by atoms with van der Waals surface area (Å²) >= 11 is 0.588. The van der Waals surface area contributed by atoms with Crippen molar-refractivity contribution in [2.24, 2.45) is 0 Å². The van der Waals surface area contributed by atoms with Gasteiger partial charge in [0.15, 0.2) is 18.1 Å². The summed E-state index contributed by atoms with van der Waals surface area (Å²) in [6, 6.07) is 7.34. The second-order valence-electron chi connectivity index (χ2n) is 6.68. The van der Waals surface area contributed by atoms with E-state index in [0.29, 0.717) is 28.3 Å². The Morgan fingerprint density at radius 2 is 1.91 bits per heavy atom. The number of rotatable bonds is 8. The SMILES string of the molecule is COC(=O)COc1c(/C=C2/SC(=O)N(CC(=O)Nc3ccc(F)cc3F)C2=O)cccc1OC. The molecule has 0 saturated carbocycles. The van der Waals surface area contributed by atoms with Gasteiger partial charge < -0.3 is 19.5 Å². The largest absolute Gasteiger partial charge is 0.493 e. The summed E-state index contributed by atoms with van der Waals surface area (Å²) in [5.41, 5.74) is 0.0456. The van der Waals surface area contributed by atoms with Crippen LogP contribution in [0.3, 0.4) is 0 Å². The van der Waals surface area contributed by atoms with Crippen LogP contribution < -0.4 is 14.8 Å². The highest BCUT2D eigenvalue weighted by atomic mass is 32.2. The number of halogens is 2. The lowest BCUT2D eigenvalue weighted by molar-refractivity contribution is -0.143. The number of nitrogens with one attached hydrogen (secondary N) is 1. The van der Waals surface area contributed by atoms with E-state index in [4.69, 9.17) is 9.47 Å². The van der Waals surface area contributed by atoms with Crippen LogP contribution in [-0.2, 0) is 19.1 Å². The number of thioether (sulfide) groups is 1. The second kappa shape index (κ2) is 10.8. The first kappa shape index (κ1) is 24.7. The van der Waals surface area contributed by atoms with E-state index in [9.17, 15) is 28.0 Å². The number of methoxy groups -OCH3 is 2. The van der Waals surface area contributed by atoms with E-state index in [0.717, 1.165) is 12.1 Å². The number of carbonyl (C=O) groups is 4. The van der Waals surface area contributed by atoms with Gasteiger partial charge in [0.25, 0.3) is 11.1 Å². The molecule has 2 aromatic carbocycles. The topological polar surface area (TPSA) is 111 Å². The third-order valence-electron chi connectivity index (χ3n) is 4.46. The summed E-state index contributed by atoms with van der Waals surface area (Å²) in [5, 5.41) is 1.47. The molecule has 1 N–H and O–H groups in total. The van der Waals surface area contributed by atoms with E-state index in [1.807, 2.05) is 0 Å². The predicted molar refractivity (Wildman–Crippen MR) is 118 cm³/mol. The second-order valence-corrected chi connectivity index (χ2v) is 7.68. The van der Waals surface area contributed by atoms with Crippen molar-refractivity contribution in [3.8, 4) is 11.5 Å². The van der Waals surface area contributed by atoms with Crippen LogP contribution in [0.1, 0.15) is 5.56 Å². The fraction of sp³-hybridized carbons (Fsp3) is 0.182. The highest BCUT2D eigenvalue weighted by Gasteiger charge is 2.36. The number of esters is 1. The number of anilines is 1. The Morgan fingerprint density at radius 3 is 2.59 bits per heavy atom. The summed E-state index contributed by atoms with van der Waals surface area (Å²) in [7, 11) is 2.59. The molecule has 3 rings (SSSR count). The minimum atomic E-state index is -1.00. The molecule has 0 atom stereocenters. The number of hydrogen-bond acceptors (Lipinski definition) is 8. The molecule has 0 unspecified atom stereocenters. The number of para-hydroxylation sites is 1. The smallest absolute Gasteiger partial charge is 0.343 e. The average molecular weight is 492 g/mol. The molecule has 0 aliphatic carbocycles. The van der Waals surface area contributed by atoms with Crippen molar-refractivity contribution in [3.63, 3.8) is 0 Å². The van der Waals surface area contributed by atoms with E-state index in [1.54, 1.807) is 18.2 Å². The molecule has 0 radical (unpaired) electrons. The molecule has 1 saturated heterocycles. The van der Waals surface area contributed by atoms with Gasteiger partial charge in [0.05, 0.1) is 24.8 Å². The van der Waals surface area contributed by atoms with Crippen LogP contribution >= 0.6 is 11.8 Å². The van der Waals surface area contributed by atoms with Gasteiger partial charge in [-0.25, -0.2) is 13.6 Å². The number of ether oxygens (including phenoxy) is 3. The molecule has 3 amide bonds. The number of hydrogen-bond donors (Lipinski definition) is 1. The molecule has 12 heteroatoms. The van der Waals surface area contributed by atoms with Gasteiger partial charge >= 0.3 is 5.97 Å². The van der Waals surface area contributed by atoms with Crippen LogP contribution in [-0.4, -0.2) is 55.3 Å². The predicted octanol–water partition coefficient (Wildman–Crippen LogP) is 3.20. The molecule has 1 aliphatic rings. The van der Waals surface area contributed by atoms with Gasteiger partial charge in [0.2, 0.25) is 5.91 Å². The zero-order chi connectivity index (χ0) is 24.8. The van der Waals surface area contributed by atoms with Crippen LogP contribution in [0.4, 0.5) is 19.3 Å². The Hall–Kier alpha value is -3.93. The summed E-state index contributed by atoms with van der Waals surface area (Å²) in [6.45, 7) is -1.10. The maximum absolute atomic E-state index is 13.8. The van der Waals surface area contributed by atoms with Gasteiger partial charge in [0, 0.05) is 11.6 Å². The highest BCUT2D eigenvalue weighted by molar-refractivity contribution is 8.18. The lowest BCUT2D eigenvalue weighted by Gasteiger charge is -2.13. The summed E-state index contributed by atoms with van der Waals surface area (Å²) in [4.78, 5) is 49.5. The van der Waals surface area contributed by atoms with E-state index in [1.165, 1.54) is 20.3 Å². The average Bonchev–Trinajstić information content (AvgIpc) is 3.06. The fourth-order valence-corrected chi connectivity index (χ4v) is 3.68. The van der Waals surface area contributed by atoms with Crippen molar-refractivity contribution in [2.75, 3.05) is 32.7 Å². The maximum Gasteiger partial charge on any atom is 0.343 e. The monoisotopic (exact) mass is 492 g/mol. The summed E-state index contributed by atoms with van der Waals surface area (Å²) in [5.74, 6) is -3.65. The first-order chi connectivity index (χ1) is 16.2. The molecule has 178 valence electrons. The van der Waals surface area contributed by atoms with Crippen LogP contribution in [0.2, 0.25) is 0 Å². The Balaban J connectivity index is 1.78. The third kappa shape index (κ3) is 5.70. The molecule has 1 heterocycles. The normalized spacial score (nSPS) is 14.4. The van der Waals surface area contributed by atoms with Gasteiger partial charge in [-0.05, 0) is 36.0 Å². The van der Waals surface area contributed by atoms with Crippen molar-refractivity contribution >= 4 is 46.5 Å². The molecule has 0 spiro atoms. The van der Waals surface area contributed by atoms with Gasteiger partial charge in [-0.3, -0.25) is 19.3 Å². The number of nitrogens with zero attached hydrogens (tertiary/aromatic N) is 1. The lowest BCUT2D eigenvalue weighted by Crippen LogP contribution is -2.36.